The topological polar surface area (TPSA) is 86.6 Å². The third-order valence-electron chi connectivity index (χ3n) is 4.88. The molecule has 1 amide bonds. The summed E-state index contributed by atoms with van der Waals surface area (Å²) in [5, 5.41) is 22.2. The molecule has 3 N–H and O–H groups in total. The lowest BCUT2D eigenvalue weighted by molar-refractivity contribution is -0.121. The summed E-state index contributed by atoms with van der Waals surface area (Å²) in [4.78, 5) is 23.1. The molecular weight excluding hydrogens is 294 g/mol. The highest BCUT2D eigenvalue weighted by Gasteiger charge is 2.31. The van der Waals surface area contributed by atoms with Crippen molar-refractivity contribution in [2.75, 3.05) is 0 Å². The fourth-order valence-electron chi connectivity index (χ4n) is 3.13. The van der Waals surface area contributed by atoms with Gasteiger partial charge in [0.2, 0.25) is 5.91 Å². The minimum absolute atomic E-state index is 0.0527. The quantitative estimate of drug-likeness (QED) is 0.778. The maximum atomic E-state index is 12.2. The lowest BCUT2D eigenvalue weighted by atomic mass is 9.80. The Labute approximate surface area is 136 Å². The Hall–Kier alpha value is -1.88. The number of amides is 1. The molecule has 126 valence electrons. The third-order valence-corrected chi connectivity index (χ3v) is 4.88. The Morgan fingerprint density at radius 2 is 1.96 bits per heavy atom. The van der Waals surface area contributed by atoms with E-state index in [0.29, 0.717) is 0 Å². The number of carboxylic acid groups (broad SMARTS) is 1. The van der Waals surface area contributed by atoms with Crippen molar-refractivity contribution < 1.29 is 19.8 Å². The van der Waals surface area contributed by atoms with Crippen LogP contribution in [0.5, 0.6) is 0 Å². The molecule has 1 saturated carbocycles. The van der Waals surface area contributed by atoms with Crippen LogP contribution in [0, 0.1) is 6.92 Å². The van der Waals surface area contributed by atoms with Gasteiger partial charge in [-0.15, -0.1) is 0 Å². The maximum absolute atomic E-state index is 12.2. The monoisotopic (exact) mass is 319 g/mol. The first-order valence-electron chi connectivity index (χ1n) is 8.17. The highest BCUT2D eigenvalue weighted by atomic mass is 16.4. The van der Waals surface area contributed by atoms with Gasteiger partial charge < -0.3 is 15.5 Å². The summed E-state index contributed by atoms with van der Waals surface area (Å²) in [5.74, 6) is -1.02. The molecule has 0 spiro atoms. The molecule has 1 aromatic rings. The maximum Gasteiger partial charge on any atom is 0.335 e. The SMILES string of the molecule is CCC1(O)CCC(NC(=O)Cc2ccc(C(=O)O)cc2C)CC1. The highest BCUT2D eigenvalue weighted by molar-refractivity contribution is 5.88. The van der Waals surface area contributed by atoms with Crippen molar-refractivity contribution in [3.63, 3.8) is 0 Å². The van der Waals surface area contributed by atoms with Crippen LogP contribution in [-0.4, -0.2) is 33.7 Å². The molecule has 1 aliphatic rings. The summed E-state index contributed by atoms with van der Waals surface area (Å²) in [7, 11) is 0. The first-order chi connectivity index (χ1) is 10.8. The third kappa shape index (κ3) is 4.55. The lowest BCUT2D eigenvalue weighted by Gasteiger charge is -2.35. The molecule has 23 heavy (non-hydrogen) atoms. The van der Waals surface area contributed by atoms with Crippen LogP contribution in [0.4, 0.5) is 0 Å². The first-order valence-corrected chi connectivity index (χ1v) is 8.17. The van der Waals surface area contributed by atoms with Gasteiger partial charge in [-0.1, -0.05) is 13.0 Å². The molecule has 1 aliphatic carbocycles. The number of hydrogen-bond donors (Lipinski definition) is 3. The van der Waals surface area contributed by atoms with Crippen molar-refractivity contribution in [1.29, 1.82) is 0 Å². The minimum Gasteiger partial charge on any atom is -0.478 e. The molecular formula is C18H25NO4. The van der Waals surface area contributed by atoms with E-state index in [-0.39, 0.29) is 23.9 Å². The number of carboxylic acids is 1. The summed E-state index contributed by atoms with van der Waals surface area (Å²) < 4.78 is 0. The number of nitrogens with one attached hydrogen (secondary N) is 1. The summed E-state index contributed by atoms with van der Waals surface area (Å²) in [6, 6.07) is 4.94. The summed E-state index contributed by atoms with van der Waals surface area (Å²) in [6.45, 7) is 3.81. The molecule has 0 bridgehead atoms. The normalized spacial score (nSPS) is 24.2. The van der Waals surface area contributed by atoms with Gasteiger partial charge in [-0.2, -0.15) is 0 Å². The number of aromatic carboxylic acids is 1. The van der Waals surface area contributed by atoms with E-state index in [0.717, 1.165) is 43.2 Å². The number of carbonyl (C=O) groups is 2. The van der Waals surface area contributed by atoms with E-state index in [4.69, 9.17) is 5.11 Å². The molecule has 1 aromatic carbocycles. The molecule has 5 heteroatoms. The zero-order valence-corrected chi connectivity index (χ0v) is 13.8. The Morgan fingerprint density at radius 3 is 2.48 bits per heavy atom. The second kappa shape index (κ2) is 7.13. The van der Waals surface area contributed by atoms with Gasteiger partial charge in [0.25, 0.3) is 0 Å². The van der Waals surface area contributed by atoms with Gasteiger partial charge in [0.15, 0.2) is 0 Å². The zero-order valence-electron chi connectivity index (χ0n) is 13.8. The summed E-state index contributed by atoms with van der Waals surface area (Å²) in [5.41, 5.74) is 1.32. The van der Waals surface area contributed by atoms with Crippen LogP contribution < -0.4 is 5.32 Å². The Balaban J connectivity index is 1.89. The van der Waals surface area contributed by atoms with E-state index in [9.17, 15) is 14.7 Å². The number of benzene rings is 1. The Morgan fingerprint density at radius 1 is 1.30 bits per heavy atom. The highest BCUT2D eigenvalue weighted by Crippen LogP contribution is 2.30. The Bertz CT molecular complexity index is 589. The zero-order chi connectivity index (χ0) is 17.0. The molecule has 1 fully saturated rings. The van der Waals surface area contributed by atoms with E-state index in [1.807, 2.05) is 13.8 Å². The van der Waals surface area contributed by atoms with Crippen LogP contribution in [-0.2, 0) is 11.2 Å². The summed E-state index contributed by atoms with van der Waals surface area (Å²) in [6.07, 6.45) is 4.05. The molecule has 0 radical (unpaired) electrons. The second-order valence-corrected chi connectivity index (χ2v) is 6.54. The van der Waals surface area contributed by atoms with Crippen molar-refractivity contribution in [3.8, 4) is 0 Å². The van der Waals surface area contributed by atoms with Crippen LogP contribution in [0.15, 0.2) is 18.2 Å². The molecule has 0 aliphatic heterocycles. The number of hydrogen-bond acceptors (Lipinski definition) is 3. The fourth-order valence-corrected chi connectivity index (χ4v) is 3.13. The van der Waals surface area contributed by atoms with Crippen LogP contribution in [0.1, 0.15) is 60.5 Å². The molecule has 0 atom stereocenters. The van der Waals surface area contributed by atoms with Crippen molar-refractivity contribution in [2.24, 2.45) is 0 Å². The van der Waals surface area contributed by atoms with E-state index >= 15 is 0 Å². The number of aryl methyl sites for hydroxylation is 1. The average molecular weight is 319 g/mol. The smallest absolute Gasteiger partial charge is 0.335 e. The van der Waals surface area contributed by atoms with E-state index in [1.54, 1.807) is 12.1 Å². The standard InChI is InChI=1S/C18H25NO4/c1-3-18(23)8-6-15(7-9-18)19-16(20)11-13-4-5-14(17(21)22)10-12(13)2/h4-5,10,15,23H,3,6-9,11H2,1-2H3,(H,19,20)(H,21,22). The van der Waals surface area contributed by atoms with E-state index in [1.165, 1.54) is 6.07 Å². The van der Waals surface area contributed by atoms with Crippen molar-refractivity contribution in [1.82, 2.24) is 5.32 Å². The van der Waals surface area contributed by atoms with Crippen molar-refractivity contribution in [2.45, 2.75) is 64.0 Å². The lowest BCUT2D eigenvalue weighted by Crippen LogP contribution is -2.43. The Kier molecular flexibility index (Phi) is 5.42. The largest absolute Gasteiger partial charge is 0.478 e. The second-order valence-electron chi connectivity index (χ2n) is 6.54. The predicted octanol–water partition coefficient (Wildman–Crippen LogP) is 2.44. The number of carbonyl (C=O) groups excluding carboxylic acids is 1. The van der Waals surface area contributed by atoms with Gasteiger partial charge in [-0.25, -0.2) is 4.79 Å². The van der Waals surface area contributed by atoms with E-state index < -0.39 is 11.6 Å². The van der Waals surface area contributed by atoms with Gasteiger partial charge in [0.05, 0.1) is 17.6 Å². The summed E-state index contributed by atoms with van der Waals surface area (Å²) >= 11 is 0. The number of aliphatic hydroxyl groups is 1. The van der Waals surface area contributed by atoms with Gasteiger partial charge in [-0.3, -0.25) is 4.79 Å². The average Bonchev–Trinajstić information content (AvgIpc) is 2.51. The van der Waals surface area contributed by atoms with Gasteiger partial charge in [0.1, 0.15) is 0 Å². The van der Waals surface area contributed by atoms with Crippen LogP contribution in [0.2, 0.25) is 0 Å². The van der Waals surface area contributed by atoms with Crippen LogP contribution in [0.25, 0.3) is 0 Å². The van der Waals surface area contributed by atoms with Crippen LogP contribution in [0.3, 0.4) is 0 Å². The molecule has 0 aromatic heterocycles. The number of rotatable bonds is 5. The van der Waals surface area contributed by atoms with Crippen LogP contribution >= 0.6 is 0 Å². The molecule has 0 heterocycles. The molecule has 5 nitrogen and oxygen atoms in total. The minimum atomic E-state index is -0.963. The predicted molar refractivity (Wildman–Crippen MR) is 87.5 cm³/mol. The fraction of sp³-hybridized carbons (Fsp3) is 0.556. The molecule has 0 unspecified atom stereocenters. The van der Waals surface area contributed by atoms with Gasteiger partial charge >= 0.3 is 5.97 Å². The van der Waals surface area contributed by atoms with Crippen molar-refractivity contribution >= 4 is 11.9 Å². The molecule has 0 saturated heterocycles. The van der Waals surface area contributed by atoms with Gasteiger partial charge in [0, 0.05) is 6.04 Å². The molecule has 2 rings (SSSR count). The first kappa shape index (κ1) is 17.5. The van der Waals surface area contributed by atoms with E-state index in [2.05, 4.69) is 5.32 Å². The van der Waals surface area contributed by atoms with Crippen molar-refractivity contribution in [3.05, 3.63) is 34.9 Å². The van der Waals surface area contributed by atoms with Gasteiger partial charge in [-0.05, 0) is 62.3 Å².